The molecule has 8 nitrogen and oxygen atoms in total. The van der Waals surface area contributed by atoms with Gasteiger partial charge in [0.1, 0.15) is 5.58 Å². The third kappa shape index (κ3) is 3.69. The number of nitrogens with one attached hydrogen (secondary N) is 1. The van der Waals surface area contributed by atoms with Gasteiger partial charge in [0.15, 0.2) is 28.8 Å². The van der Waals surface area contributed by atoms with E-state index in [2.05, 4.69) is 5.32 Å². The average molecular weight is 459 g/mol. The molecule has 0 aliphatic carbocycles. The molecule has 0 radical (unpaired) electrons. The predicted octanol–water partition coefficient (Wildman–Crippen LogP) is 4.97. The highest BCUT2D eigenvalue weighted by molar-refractivity contribution is 6.11. The number of hydrogen-bond donors (Lipinski definition) is 1. The van der Waals surface area contributed by atoms with Gasteiger partial charge in [0, 0.05) is 27.8 Å². The first-order valence-corrected chi connectivity index (χ1v) is 10.5. The van der Waals surface area contributed by atoms with Crippen LogP contribution in [-0.4, -0.2) is 32.7 Å². The Morgan fingerprint density at radius 2 is 1.62 bits per heavy atom. The fourth-order valence-corrected chi connectivity index (χ4v) is 3.86. The Bertz CT molecular complexity index is 1440. The second-order valence-corrected chi connectivity index (χ2v) is 7.69. The topological polar surface area (TPSA) is 96.2 Å². The zero-order valence-electron chi connectivity index (χ0n) is 18.8. The molecule has 34 heavy (non-hydrogen) atoms. The number of methoxy groups -OCH3 is 2. The van der Waals surface area contributed by atoms with Gasteiger partial charge in [0.05, 0.1) is 14.2 Å². The summed E-state index contributed by atoms with van der Waals surface area (Å²) >= 11 is 0. The minimum absolute atomic E-state index is 0.140. The maximum Gasteiger partial charge on any atom is 0.255 e. The van der Waals surface area contributed by atoms with Crippen LogP contribution in [-0.2, 0) is 0 Å². The maximum absolute atomic E-state index is 13.2. The molecule has 1 aliphatic heterocycles. The van der Waals surface area contributed by atoms with Crippen LogP contribution in [0.5, 0.6) is 23.0 Å². The number of ketones is 1. The molecule has 172 valence electrons. The molecule has 4 aromatic rings. The molecule has 3 aromatic carbocycles. The van der Waals surface area contributed by atoms with Gasteiger partial charge >= 0.3 is 0 Å². The van der Waals surface area contributed by atoms with Gasteiger partial charge in [-0.1, -0.05) is 0 Å². The van der Waals surface area contributed by atoms with Crippen molar-refractivity contribution in [1.29, 1.82) is 0 Å². The largest absolute Gasteiger partial charge is 0.493 e. The molecule has 0 spiro atoms. The van der Waals surface area contributed by atoms with Crippen LogP contribution in [0.25, 0.3) is 11.0 Å². The van der Waals surface area contributed by atoms with Crippen LogP contribution in [0.3, 0.4) is 0 Å². The van der Waals surface area contributed by atoms with Crippen LogP contribution in [0, 0.1) is 6.92 Å². The summed E-state index contributed by atoms with van der Waals surface area (Å²) in [7, 11) is 3.05. The summed E-state index contributed by atoms with van der Waals surface area (Å²) in [5.74, 6) is 1.78. The molecular weight excluding hydrogens is 438 g/mol. The van der Waals surface area contributed by atoms with Crippen molar-refractivity contribution in [3.05, 3.63) is 77.0 Å². The Labute approximate surface area is 195 Å². The number of anilines is 1. The number of hydrogen-bond acceptors (Lipinski definition) is 7. The monoisotopic (exact) mass is 459 g/mol. The third-order valence-corrected chi connectivity index (χ3v) is 5.68. The Morgan fingerprint density at radius 1 is 0.853 bits per heavy atom. The van der Waals surface area contributed by atoms with Crippen LogP contribution in [0.15, 0.2) is 59.0 Å². The summed E-state index contributed by atoms with van der Waals surface area (Å²) in [5, 5.41) is 3.60. The first kappa shape index (κ1) is 21.4. The summed E-state index contributed by atoms with van der Waals surface area (Å²) in [6, 6.07) is 15.2. The molecule has 5 rings (SSSR count). The Balaban J connectivity index is 1.42. The molecule has 1 aromatic heterocycles. The molecular formula is C26H21NO7. The lowest BCUT2D eigenvalue weighted by molar-refractivity contribution is 0.101. The number of aryl methyl sites for hydroxylation is 1. The normalized spacial score (nSPS) is 12.0. The van der Waals surface area contributed by atoms with E-state index in [4.69, 9.17) is 23.4 Å². The lowest BCUT2D eigenvalue weighted by Crippen LogP contribution is -2.11. The maximum atomic E-state index is 13.2. The van der Waals surface area contributed by atoms with Crippen LogP contribution >= 0.6 is 0 Å². The Kier molecular flexibility index (Phi) is 5.33. The quantitative estimate of drug-likeness (QED) is 0.407. The van der Waals surface area contributed by atoms with Gasteiger partial charge in [0.2, 0.25) is 12.6 Å². The van der Waals surface area contributed by atoms with Crippen molar-refractivity contribution in [1.82, 2.24) is 0 Å². The van der Waals surface area contributed by atoms with Crippen molar-refractivity contribution in [2.75, 3.05) is 26.3 Å². The fourth-order valence-electron chi connectivity index (χ4n) is 3.86. The van der Waals surface area contributed by atoms with Crippen molar-refractivity contribution < 1.29 is 33.0 Å². The number of amides is 1. The summed E-state index contributed by atoms with van der Waals surface area (Å²) < 4.78 is 27.0. The molecule has 0 atom stereocenters. The highest BCUT2D eigenvalue weighted by atomic mass is 16.7. The van der Waals surface area contributed by atoms with Gasteiger partial charge in [-0.2, -0.15) is 0 Å². The van der Waals surface area contributed by atoms with Gasteiger partial charge in [-0.25, -0.2) is 0 Å². The molecule has 0 saturated heterocycles. The smallest absolute Gasteiger partial charge is 0.255 e. The van der Waals surface area contributed by atoms with E-state index in [1.54, 1.807) is 54.6 Å². The number of rotatable bonds is 6. The number of fused-ring (bicyclic) bond motifs is 2. The Hall–Kier alpha value is -4.46. The van der Waals surface area contributed by atoms with Crippen molar-refractivity contribution in [3.63, 3.8) is 0 Å². The minimum Gasteiger partial charge on any atom is -0.493 e. The van der Waals surface area contributed by atoms with Crippen LogP contribution in [0.4, 0.5) is 5.69 Å². The van der Waals surface area contributed by atoms with Crippen LogP contribution in [0.2, 0.25) is 0 Å². The molecule has 2 heterocycles. The van der Waals surface area contributed by atoms with Gasteiger partial charge < -0.3 is 28.7 Å². The molecule has 1 N–H and O–H groups in total. The number of carbonyl (C=O) groups excluding carboxylic acids is 2. The predicted molar refractivity (Wildman–Crippen MR) is 124 cm³/mol. The summed E-state index contributed by atoms with van der Waals surface area (Å²) in [4.78, 5) is 25.9. The highest BCUT2D eigenvalue weighted by Crippen LogP contribution is 2.34. The molecule has 1 amide bonds. The van der Waals surface area contributed by atoms with Gasteiger partial charge in [-0.15, -0.1) is 0 Å². The molecule has 0 unspecified atom stereocenters. The van der Waals surface area contributed by atoms with E-state index >= 15 is 0 Å². The molecule has 0 fully saturated rings. The highest BCUT2D eigenvalue weighted by Gasteiger charge is 2.22. The van der Waals surface area contributed by atoms with Gasteiger partial charge in [0.25, 0.3) is 5.91 Å². The van der Waals surface area contributed by atoms with E-state index in [-0.39, 0.29) is 24.2 Å². The van der Waals surface area contributed by atoms with E-state index in [1.807, 2.05) is 6.92 Å². The number of furan rings is 1. The summed E-state index contributed by atoms with van der Waals surface area (Å²) in [5.41, 5.74) is 2.65. The molecule has 8 heteroatoms. The van der Waals surface area contributed by atoms with E-state index in [0.29, 0.717) is 51.0 Å². The van der Waals surface area contributed by atoms with E-state index in [1.165, 1.54) is 14.2 Å². The fraction of sp³-hybridized carbons (Fsp3) is 0.154. The van der Waals surface area contributed by atoms with Crippen molar-refractivity contribution in [3.8, 4) is 23.0 Å². The number of benzene rings is 3. The number of ether oxygens (including phenoxy) is 4. The van der Waals surface area contributed by atoms with E-state index < -0.39 is 0 Å². The van der Waals surface area contributed by atoms with Crippen molar-refractivity contribution in [2.45, 2.75) is 6.92 Å². The lowest BCUT2D eigenvalue weighted by atomic mass is 10.0. The third-order valence-electron chi connectivity index (χ3n) is 5.68. The average Bonchev–Trinajstić information content (AvgIpc) is 3.47. The molecule has 1 aliphatic rings. The standard InChI is InChI=1S/C26H21NO7/c1-14-18-12-17(27-26(29)16-5-8-21-23(11-16)33-13-32-21)6-9-19(18)34-25(14)24(28)15-4-7-20(30-2)22(10-15)31-3/h4-12H,13H2,1-3H3,(H,27,29). The van der Waals surface area contributed by atoms with Crippen molar-refractivity contribution in [2.24, 2.45) is 0 Å². The number of carbonyl (C=O) groups is 2. The van der Waals surface area contributed by atoms with Gasteiger partial charge in [-0.3, -0.25) is 9.59 Å². The van der Waals surface area contributed by atoms with Crippen LogP contribution in [0.1, 0.15) is 32.0 Å². The zero-order valence-corrected chi connectivity index (χ0v) is 18.8. The summed E-state index contributed by atoms with van der Waals surface area (Å²) in [6.07, 6.45) is 0. The first-order valence-electron chi connectivity index (χ1n) is 10.5. The molecule has 0 saturated carbocycles. The zero-order chi connectivity index (χ0) is 23.8. The van der Waals surface area contributed by atoms with E-state index in [0.717, 1.165) is 5.39 Å². The lowest BCUT2D eigenvalue weighted by Gasteiger charge is -2.08. The van der Waals surface area contributed by atoms with E-state index in [9.17, 15) is 9.59 Å². The summed E-state index contributed by atoms with van der Waals surface area (Å²) in [6.45, 7) is 1.95. The van der Waals surface area contributed by atoms with Gasteiger partial charge in [-0.05, 0) is 61.5 Å². The second-order valence-electron chi connectivity index (χ2n) is 7.69. The first-order chi connectivity index (χ1) is 16.5. The van der Waals surface area contributed by atoms with Crippen molar-refractivity contribution >= 4 is 28.3 Å². The molecule has 0 bridgehead atoms. The second kappa shape index (κ2) is 8.47. The Morgan fingerprint density at radius 3 is 2.41 bits per heavy atom. The SMILES string of the molecule is COc1ccc(C(=O)c2oc3ccc(NC(=O)c4ccc5c(c4)OCO5)cc3c2C)cc1OC. The minimum atomic E-state index is -0.291. The van der Waals surface area contributed by atoms with Crippen LogP contribution < -0.4 is 24.3 Å².